The monoisotopic (exact) mass is 330 g/mol. The van der Waals surface area contributed by atoms with Crippen LogP contribution in [0.1, 0.15) is 5.56 Å². The first-order valence-electron chi connectivity index (χ1n) is 6.43. The van der Waals surface area contributed by atoms with Crippen molar-refractivity contribution in [2.75, 3.05) is 14.2 Å². The van der Waals surface area contributed by atoms with Crippen LogP contribution in [0.2, 0.25) is 0 Å². The van der Waals surface area contributed by atoms with Crippen molar-refractivity contribution in [3.8, 4) is 0 Å². The Balaban J connectivity index is 2.65. The summed E-state index contributed by atoms with van der Waals surface area (Å²) < 4.78 is 11.2. The van der Waals surface area contributed by atoms with Gasteiger partial charge >= 0.3 is 0 Å². The summed E-state index contributed by atoms with van der Waals surface area (Å²) in [5, 5.41) is 4.66. The van der Waals surface area contributed by atoms with E-state index in [1.165, 1.54) is 14.2 Å². The number of ether oxygens (including phenoxy) is 2. The number of rotatable bonds is 5. The molecule has 4 nitrogen and oxygen atoms in total. The maximum absolute atomic E-state index is 5.59. The molecule has 1 aromatic rings. The van der Waals surface area contributed by atoms with E-state index < -0.39 is 11.4 Å². The van der Waals surface area contributed by atoms with Crippen molar-refractivity contribution < 1.29 is 9.47 Å². The van der Waals surface area contributed by atoms with Gasteiger partial charge in [0.25, 0.3) is 0 Å². The molecule has 0 saturated carbocycles. The van der Waals surface area contributed by atoms with E-state index in [0.29, 0.717) is 0 Å². The van der Waals surface area contributed by atoms with Gasteiger partial charge in [-0.3, -0.25) is 0 Å². The average molecular weight is 330 g/mol. The van der Waals surface area contributed by atoms with Crippen molar-refractivity contribution in [2.45, 2.75) is 11.4 Å². The molecule has 0 amide bonds. The Labute approximate surface area is 139 Å². The van der Waals surface area contributed by atoms with Crippen LogP contribution in [0.25, 0.3) is 5.57 Å². The van der Waals surface area contributed by atoms with E-state index in [4.69, 9.17) is 33.9 Å². The van der Waals surface area contributed by atoms with Gasteiger partial charge in [0.05, 0.1) is 10.3 Å². The zero-order chi connectivity index (χ0) is 16.1. The van der Waals surface area contributed by atoms with Gasteiger partial charge in [-0.25, -0.2) is 0 Å². The number of nitrogens with zero attached hydrogens (tertiary/aromatic N) is 2. The summed E-state index contributed by atoms with van der Waals surface area (Å²) in [7, 11) is 3.02. The van der Waals surface area contributed by atoms with Gasteiger partial charge in [-0.05, 0) is 47.7 Å². The van der Waals surface area contributed by atoms with Crippen molar-refractivity contribution in [1.82, 2.24) is 0 Å². The smallest absolute Gasteiger partial charge is 0.245 e. The standard InChI is InChI=1S/C16H14N2O2S2/c1-19-16(20-2)10-14(13-6-4-3-5-7-13)8-9-15(16,17-11-21)18-12-22/h3-10H,1-2H3. The quantitative estimate of drug-likeness (QED) is 0.471. The van der Waals surface area contributed by atoms with Gasteiger partial charge in [-0.2, -0.15) is 9.98 Å². The molecule has 1 aliphatic carbocycles. The maximum atomic E-state index is 5.59. The maximum Gasteiger partial charge on any atom is 0.245 e. The largest absolute Gasteiger partial charge is 0.346 e. The number of aliphatic imine (C=N–C) groups is 2. The van der Waals surface area contributed by atoms with E-state index in [-0.39, 0.29) is 0 Å². The Morgan fingerprint density at radius 1 is 1.00 bits per heavy atom. The van der Waals surface area contributed by atoms with Crippen LogP contribution >= 0.6 is 24.4 Å². The molecule has 0 heterocycles. The fourth-order valence-corrected chi connectivity index (χ4v) is 2.67. The normalized spacial score (nSPS) is 22.2. The number of isothiocyanates is 2. The Morgan fingerprint density at radius 3 is 2.09 bits per heavy atom. The van der Waals surface area contributed by atoms with Crippen LogP contribution in [0.15, 0.2) is 58.5 Å². The summed E-state index contributed by atoms with van der Waals surface area (Å²) in [6.45, 7) is 0. The van der Waals surface area contributed by atoms with Gasteiger partial charge in [-0.1, -0.05) is 36.4 Å². The molecule has 6 heteroatoms. The molecule has 2 rings (SSSR count). The lowest BCUT2D eigenvalue weighted by atomic mass is 9.88. The van der Waals surface area contributed by atoms with Crippen molar-refractivity contribution >= 4 is 40.3 Å². The highest BCUT2D eigenvalue weighted by atomic mass is 32.1. The lowest BCUT2D eigenvalue weighted by Gasteiger charge is -2.40. The first-order chi connectivity index (χ1) is 10.7. The summed E-state index contributed by atoms with van der Waals surface area (Å²) in [6.07, 6.45) is 5.40. The van der Waals surface area contributed by atoms with E-state index in [2.05, 4.69) is 20.3 Å². The zero-order valence-corrected chi connectivity index (χ0v) is 13.8. The minimum Gasteiger partial charge on any atom is -0.346 e. The average Bonchev–Trinajstić information content (AvgIpc) is 2.57. The Morgan fingerprint density at radius 2 is 1.59 bits per heavy atom. The second-order valence-corrected chi connectivity index (χ2v) is 4.87. The zero-order valence-electron chi connectivity index (χ0n) is 12.1. The number of hydrogen-bond acceptors (Lipinski definition) is 6. The number of hydrogen-bond donors (Lipinski definition) is 0. The molecule has 0 aliphatic heterocycles. The van der Waals surface area contributed by atoms with Gasteiger partial charge in [-0.15, -0.1) is 0 Å². The fourth-order valence-electron chi connectivity index (χ4n) is 2.39. The molecule has 0 saturated heterocycles. The molecule has 0 aromatic heterocycles. The molecule has 0 fully saturated rings. The first-order valence-corrected chi connectivity index (χ1v) is 7.24. The number of benzene rings is 1. The van der Waals surface area contributed by atoms with E-state index in [0.717, 1.165) is 11.1 Å². The van der Waals surface area contributed by atoms with Crippen molar-refractivity contribution in [1.29, 1.82) is 0 Å². The summed E-state index contributed by atoms with van der Waals surface area (Å²) in [5.41, 5.74) is 0.653. The van der Waals surface area contributed by atoms with Gasteiger partial charge in [0.15, 0.2) is 0 Å². The van der Waals surface area contributed by atoms with Crippen LogP contribution < -0.4 is 0 Å². The first kappa shape index (κ1) is 16.6. The molecule has 0 unspecified atom stereocenters. The van der Waals surface area contributed by atoms with Crippen molar-refractivity contribution in [2.24, 2.45) is 9.98 Å². The number of methoxy groups -OCH3 is 2. The molecular formula is C16H14N2O2S2. The van der Waals surface area contributed by atoms with Crippen molar-refractivity contribution in [3.05, 3.63) is 54.1 Å². The van der Waals surface area contributed by atoms with E-state index in [1.54, 1.807) is 12.2 Å². The summed E-state index contributed by atoms with van der Waals surface area (Å²) in [5.74, 6) is -1.29. The van der Waals surface area contributed by atoms with Crippen LogP contribution in [-0.2, 0) is 9.47 Å². The number of allylic oxidation sites excluding steroid dienone is 2. The third kappa shape index (κ3) is 2.76. The molecule has 1 aromatic carbocycles. The second-order valence-electron chi connectivity index (χ2n) is 4.51. The molecular weight excluding hydrogens is 316 g/mol. The van der Waals surface area contributed by atoms with Gasteiger partial charge < -0.3 is 9.47 Å². The van der Waals surface area contributed by atoms with Crippen LogP contribution in [0.3, 0.4) is 0 Å². The lowest BCUT2D eigenvalue weighted by molar-refractivity contribution is -0.199. The molecule has 112 valence electrons. The topological polar surface area (TPSA) is 43.2 Å². The van der Waals surface area contributed by atoms with Crippen LogP contribution in [0.4, 0.5) is 0 Å². The van der Waals surface area contributed by atoms with Gasteiger partial charge in [0, 0.05) is 14.2 Å². The Kier molecular flexibility index (Phi) is 5.27. The van der Waals surface area contributed by atoms with Crippen molar-refractivity contribution in [3.63, 3.8) is 0 Å². The fraction of sp³-hybridized carbons (Fsp3) is 0.250. The third-order valence-corrected chi connectivity index (χ3v) is 3.68. The second kappa shape index (κ2) is 6.99. The highest BCUT2D eigenvalue weighted by molar-refractivity contribution is 7.78. The molecule has 0 atom stereocenters. The van der Waals surface area contributed by atoms with Crippen LogP contribution in [-0.4, -0.2) is 36.0 Å². The van der Waals surface area contributed by atoms with Crippen LogP contribution in [0.5, 0.6) is 0 Å². The third-order valence-electron chi connectivity index (χ3n) is 3.50. The molecule has 22 heavy (non-hydrogen) atoms. The van der Waals surface area contributed by atoms with E-state index in [1.807, 2.05) is 36.4 Å². The molecule has 0 bridgehead atoms. The minimum atomic E-state index is -1.29. The SMILES string of the molecule is COC1(OC)C=C(c2ccccc2)C=CC1(N=C=S)N=C=S. The Bertz CT molecular complexity index is 678. The highest BCUT2D eigenvalue weighted by Crippen LogP contribution is 2.40. The number of thiocarbonyl (C=S) groups is 2. The lowest BCUT2D eigenvalue weighted by Crippen LogP contribution is -2.53. The van der Waals surface area contributed by atoms with Gasteiger partial charge in [0.2, 0.25) is 11.4 Å². The molecule has 1 aliphatic rings. The van der Waals surface area contributed by atoms with Gasteiger partial charge in [0.1, 0.15) is 0 Å². The van der Waals surface area contributed by atoms with E-state index in [9.17, 15) is 0 Å². The van der Waals surface area contributed by atoms with Crippen LogP contribution in [0, 0.1) is 0 Å². The molecule has 0 N–H and O–H groups in total. The molecule has 0 spiro atoms. The minimum absolute atomic E-state index is 0.916. The molecule has 0 radical (unpaired) electrons. The summed E-state index contributed by atoms with van der Waals surface area (Å²) in [4.78, 5) is 8.23. The predicted octanol–water partition coefficient (Wildman–Crippen LogP) is 3.53. The van der Waals surface area contributed by atoms with E-state index >= 15 is 0 Å². The highest BCUT2D eigenvalue weighted by Gasteiger charge is 2.53. The Hall–Kier alpha value is -1.78. The summed E-state index contributed by atoms with van der Waals surface area (Å²) >= 11 is 9.47. The predicted molar refractivity (Wildman–Crippen MR) is 93.1 cm³/mol. The summed E-state index contributed by atoms with van der Waals surface area (Å²) in [6, 6.07) is 9.84.